The minimum Gasteiger partial charge on any atom is -0.370 e. The molecule has 3 aromatic rings. The van der Waals surface area contributed by atoms with Gasteiger partial charge in [0.05, 0.1) is 5.39 Å². The smallest absolute Gasteiger partial charge is 0.329 e. The van der Waals surface area contributed by atoms with E-state index in [0.717, 1.165) is 25.0 Å². The summed E-state index contributed by atoms with van der Waals surface area (Å²) in [6, 6.07) is 7.69. The molecule has 130 valence electrons. The third-order valence-corrected chi connectivity index (χ3v) is 5.50. The number of thiophene rings is 1. The molecule has 3 rings (SSSR count). The Bertz CT molecular complexity index is 1060. The van der Waals surface area contributed by atoms with Crippen molar-refractivity contribution in [3.05, 3.63) is 54.5 Å². The van der Waals surface area contributed by atoms with Gasteiger partial charge in [-0.05, 0) is 31.0 Å². The number of nitrogens with one attached hydrogen (secondary N) is 1. The van der Waals surface area contributed by atoms with Crippen molar-refractivity contribution >= 4 is 43.4 Å². The zero-order valence-electron chi connectivity index (χ0n) is 13.5. The molecular weight excluding hydrogens is 406 g/mol. The van der Waals surface area contributed by atoms with Crippen molar-refractivity contribution in [3.63, 3.8) is 0 Å². The van der Waals surface area contributed by atoms with Crippen LogP contribution in [0.15, 0.2) is 38.3 Å². The third kappa shape index (κ3) is 3.45. The molecule has 2 heterocycles. The molecule has 0 radical (unpaired) electrons. The SMILES string of the molecule is Cc1sc2[nH]c(=O)n(CCCC(N)=O)c(=O)c2c1-c1ccc(Br)cc1. The van der Waals surface area contributed by atoms with Crippen molar-refractivity contribution in [1.82, 2.24) is 9.55 Å². The van der Waals surface area contributed by atoms with Crippen LogP contribution in [0.1, 0.15) is 17.7 Å². The van der Waals surface area contributed by atoms with Crippen LogP contribution < -0.4 is 17.0 Å². The van der Waals surface area contributed by atoms with Crippen molar-refractivity contribution in [2.45, 2.75) is 26.3 Å². The second kappa shape index (κ2) is 6.97. The highest BCUT2D eigenvalue weighted by molar-refractivity contribution is 9.10. The van der Waals surface area contributed by atoms with Crippen molar-refractivity contribution < 1.29 is 4.79 Å². The van der Waals surface area contributed by atoms with Crippen molar-refractivity contribution in [1.29, 1.82) is 0 Å². The first-order chi connectivity index (χ1) is 11.9. The average Bonchev–Trinajstić information content (AvgIpc) is 2.87. The monoisotopic (exact) mass is 421 g/mol. The summed E-state index contributed by atoms with van der Waals surface area (Å²) in [5.41, 5.74) is 6.06. The summed E-state index contributed by atoms with van der Waals surface area (Å²) in [4.78, 5) is 40.3. The van der Waals surface area contributed by atoms with E-state index in [1.165, 1.54) is 11.3 Å². The maximum absolute atomic E-state index is 12.9. The van der Waals surface area contributed by atoms with Gasteiger partial charge in [-0.25, -0.2) is 4.79 Å². The Hall–Kier alpha value is -2.19. The van der Waals surface area contributed by atoms with Crippen LogP contribution >= 0.6 is 27.3 Å². The lowest BCUT2D eigenvalue weighted by molar-refractivity contribution is -0.118. The molecule has 0 spiro atoms. The maximum Gasteiger partial charge on any atom is 0.329 e. The van der Waals surface area contributed by atoms with E-state index in [9.17, 15) is 14.4 Å². The second-order valence-electron chi connectivity index (χ2n) is 5.70. The van der Waals surface area contributed by atoms with Crippen LogP contribution in [-0.2, 0) is 11.3 Å². The summed E-state index contributed by atoms with van der Waals surface area (Å²) < 4.78 is 2.09. The van der Waals surface area contributed by atoms with E-state index in [0.29, 0.717) is 16.6 Å². The lowest BCUT2D eigenvalue weighted by Crippen LogP contribution is -2.35. The zero-order chi connectivity index (χ0) is 18.1. The Kier molecular flexibility index (Phi) is 4.91. The van der Waals surface area contributed by atoms with E-state index in [2.05, 4.69) is 20.9 Å². The Balaban J connectivity index is 2.17. The molecule has 0 bridgehead atoms. The van der Waals surface area contributed by atoms with Crippen molar-refractivity contribution in [3.8, 4) is 11.1 Å². The number of amides is 1. The molecule has 25 heavy (non-hydrogen) atoms. The minimum atomic E-state index is -0.467. The predicted octanol–water partition coefficient (Wildman–Crippen LogP) is 2.75. The molecule has 0 saturated heterocycles. The molecule has 0 aliphatic heterocycles. The number of nitrogens with two attached hydrogens (primary N) is 1. The molecule has 0 atom stereocenters. The van der Waals surface area contributed by atoms with Gasteiger partial charge in [-0.2, -0.15) is 0 Å². The number of carbonyl (C=O) groups excluding carboxylic acids is 1. The standard InChI is InChI=1S/C17H16BrN3O3S/c1-9-13(10-4-6-11(18)7-5-10)14-15(25-9)20-17(24)21(16(14)23)8-2-3-12(19)22/h4-7H,2-3,8H2,1H3,(H2,19,22)(H,20,24). The fourth-order valence-corrected chi connectivity index (χ4v) is 4.13. The average molecular weight is 422 g/mol. The molecule has 1 aromatic carbocycles. The van der Waals surface area contributed by atoms with Crippen LogP contribution in [-0.4, -0.2) is 15.5 Å². The van der Waals surface area contributed by atoms with Gasteiger partial charge >= 0.3 is 5.69 Å². The Morgan fingerprint density at radius 3 is 2.60 bits per heavy atom. The van der Waals surface area contributed by atoms with Gasteiger partial charge < -0.3 is 5.73 Å². The number of fused-ring (bicyclic) bond motifs is 1. The number of aryl methyl sites for hydroxylation is 1. The molecule has 8 heteroatoms. The summed E-state index contributed by atoms with van der Waals surface area (Å²) in [5, 5.41) is 0.503. The number of carbonyl (C=O) groups is 1. The number of benzene rings is 1. The van der Waals surface area contributed by atoms with E-state index in [1.807, 2.05) is 31.2 Å². The normalized spacial score (nSPS) is 11.1. The Labute approximate surface area is 155 Å². The second-order valence-corrected chi connectivity index (χ2v) is 7.84. The van der Waals surface area contributed by atoms with Crippen LogP contribution in [0.2, 0.25) is 0 Å². The summed E-state index contributed by atoms with van der Waals surface area (Å²) in [5.74, 6) is -0.451. The van der Waals surface area contributed by atoms with Gasteiger partial charge in [-0.3, -0.25) is 19.1 Å². The summed E-state index contributed by atoms with van der Waals surface area (Å²) in [6.07, 6.45) is 0.479. The van der Waals surface area contributed by atoms with Crippen LogP contribution in [0.3, 0.4) is 0 Å². The van der Waals surface area contributed by atoms with Crippen molar-refractivity contribution in [2.24, 2.45) is 5.73 Å². The minimum absolute atomic E-state index is 0.131. The molecule has 0 saturated carbocycles. The maximum atomic E-state index is 12.9. The Morgan fingerprint density at radius 2 is 1.96 bits per heavy atom. The molecular formula is C17H16BrN3O3S. The lowest BCUT2D eigenvalue weighted by Gasteiger charge is -2.06. The largest absolute Gasteiger partial charge is 0.370 e. The van der Waals surface area contributed by atoms with E-state index >= 15 is 0 Å². The predicted molar refractivity (Wildman–Crippen MR) is 103 cm³/mol. The molecule has 0 aliphatic rings. The van der Waals surface area contributed by atoms with Crippen LogP contribution in [0.5, 0.6) is 0 Å². The Morgan fingerprint density at radius 1 is 1.28 bits per heavy atom. The fourth-order valence-electron chi connectivity index (χ4n) is 2.81. The van der Waals surface area contributed by atoms with Crippen molar-refractivity contribution in [2.75, 3.05) is 0 Å². The molecule has 0 aliphatic carbocycles. The van der Waals surface area contributed by atoms with E-state index in [1.54, 1.807) is 0 Å². The molecule has 1 amide bonds. The number of aromatic nitrogens is 2. The first-order valence-electron chi connectivity index (χ1n) is 7.69. The zero-order valence-corrected chi connectivity index (χ0v) is 15.9. The van der Waals surface area contributed by atoms with Gasteiger partial charge in [0.2, 0.25) is 5.91 Å². The number of primary amides is 1. The first-order valence-corrected chi connectivity index (χ1v) is 9.30. The van der Waals surface area contributed by atoms with Gasteiger partial charge in [-0.15, -0.1) is 11.3 Å². The molecule has 0 fully saturated rings. The van der Waals surface area contributed by atoms with Crippen LogP contribution in [0, 0.1) is 6.92 Å². The molecule has 2 aromatic heterocycles. The van der Waals surface area contributed by atoms with Gasteiger partial charge in [0.1, 0.15) is 4.83 Å². The van der Waals surface area contributed by atoms with Gasteiger partial charge in [-0.1, -0.05) is 28.1 Å². The highest BCUT2D eigenvalue weighted by Gasteiger charge is 2.18. The number of nitrogens with zero attached hydrogens (tertiary/aromatic N) is 1. The first kappa shape index (κ1) is 17.6. The summed E-state index contributed by atoms with van der Waals surface area (Å²) in [6.45, 7) is 2.08. The van der Waals surface area contributed by atoms with Gasteiger partial charge in [0.15, 0.2) is 0 Å². The third-order valence-electron chi connectivity index (χ3n) is 3.95. The number of aromatic amines is 1. The number of hydrogen-bond acceptors (Lipinski definition) is 4. The number of hydrogen-bond donors (Lipinski definition) is 2. The number of rotatable bonds is 5. The lowest BCUT2D eigenvalue weighted by atomic mass is 10.0. The van der Waals surface area contributed by atoms with Gasteiger partial charge in [0, 0.05) is 27.9 Å². The van der Waals surface area contributed by atoms with Crippen LogP contribution in [0.4, 0.5) is 0 Å². The van der Waals surface area contributed by atoms with E-state index in [-0.39, 0.29) is 18.5 Å². The highest BCUT2D eigenvalue weighted by Crippen LogP contribution is 2.35. The summed E-state index contributed by atoms with van der Waals surface area (Å²) in [7, 11) is 0. The van der Waals surface area contributed by atoms with Gasteiger partial charge in [0.25, 0.3) is 5.56 Å². The van der Waals surface area contributed by atoms with Crippen LogP contribution in [0.25, 0.3) is 21.3 Å². The number of H-pyrrole nitrogens is 1. The van der Waals surface area contributed by atoms with E-state index in [4.69, 9.17) is 5.73 Å². The quantitative estimate of drug-likeness (QED) is 0.662. The topological polar surface area (TPSA) is 97.9 Å². The highest BCUT2D eigenvalue weighted by atomic mass is 79.9. The number of halogens is 1. The molecule has 0 unspecified atom stereocenters. The fraction of sp³-hybridized carbons (Fsp3) is 0.235. The molecule has 6 nitrogen and oxygen atoms in total. The molecule has 3 N–H and O–H groups in total. The van der Waals surface area contributed by atoms with E-state index < -0.39 is 11.6 Å². The summed E-state index contributed by atoms with van der Waals surface area (Å²) >= 11 is 4.79.